The molecule has 2 aromatic carbocycles. The van der Waals surface area contributed by atoms with Crippen molar-refractivity contribution in [2.75, 3.05) is 6.54 Å². The normalized spacial score (nSPS) is 23.1. The second kappa shape index (κ2) is 6.86. The second-order valence-electron chi connectivity index (χ2n) is 6.86. The van der Waals surface area contributed by atoms with Gasteiger partial charge in [-0.2, -0.15) is 0 Å². The molecule has 2 aliphatic rings. The highest BCUT2D eigenvalue weighted by Crippen LogP contribution is 2.42. The van der Waals surface area contributed by atoms with Gasteiger partial charge in [0.05, 0.1) is 11.6 Å². The molecule has 0 bridgehead atoms. The zero-order valence-corrected chi connectivity index (χ0v) is 14.9. The predicted octanol–water partition coefficient (Wildman–Crippen LogP) is 4.62. The molecule has 2 atom stereocenters. The molecule has 1 aliphatic carbocycles. The molecule has 0 amide bonds. The van der Waals surface area contributed by atoms with Crippen LogP contribution in [-0.4, -0.2) is 17.4 Å². The molecule has 0 fully saturated rings. The molecule has 4 rings (SSSR count). The smallest absolute Gasteiger partial charge is 0.164 e. The minimum atomic E-state index is -0.446. The number of ketones is 1. The molecule has 1 heterocycles. The number of fused-ring (bicyclic) bond motifs is 1. The second-order valence-corrected chi connectivity index (χ2v) is 7.27. The van der Waals surface area contributed by atoms with E-state index in [1.165, 1.54) is 17.7 Å². The number of Topliss-reactive ketones (excluding diaryl/α,β-unsaturated/α-hetero) is 1. The SMILES string of the molecule is O=C1C[C@@H](c2c(F)cccc2Cl)CC(O)=C1[C@@H]1NCCc2ccccc21. The molecule has 0 spiro atoms. The molecule has 0 aromatic heterocycles. The number of carbonyl (C=O) groups is 1. The summed E-state index contributed by atoms with van der Waals surface area (Å²) in [4.78, 5) is 12.9. The van der Waals surface area contributed by atoms with Crippen molar-refractivity contribution in [1.82, 2.24) is 5.32 Å². The summed E-state index contributed by atoms with van der Waals surface area (Å²) < 4.78 is 14.2. The van der Waals surface area contributed by atoms with E-state index in [1.807, 2.05) is 18.2 Å². The van der Waals surface area contributed by atoms with Crippen molar-refractivity contribution in [2.24, 2.45) is 0 Å². The average Bonchev–Trinajstić information content (AvgIpc) is 2.61. The van der Waals surface area contributed by atoms with Crippen LogP contribution in [0, 0.1) is 5.82 Å². The van der Waals surface area contributed by atoms with Gasteiger partial charge in [0.25, 0.3) is 0 Å². The van der Waals surface area contributed by atoms with Gasteiger partial charge in [-0.05, 0) is 29.7 Å². The predicted molar refractivity (Wildman–Crippen MR) is 98.9 cm³/mol. The van der Waals surface area contributed by atoms with Crippen molar-refractivity contribution in [3.8, 4) is 0 Å². The molecule has 3 nitrogen and oxygen atoms in total. The van der Waals surface area contributed by atoms with Crippen LogP contribution in [0.4, 0.5) is 4.39 Å². The Kier molecular flexibility index (Phi) is 4.55. The first-order valence-corrected chi connectivity index (χ1v) is 9.14. The maximum atomic E-state index is 14.2. The summed E-state index contributed by atoms with van der Waals surface area (Å²) in [6.45, 7) is 0.744. The summed E-state index contributed by atoms with van der Waals surface area (Å²) in [5.74, 6) is -1.02. The summed E-state index contributed by atoms with van der Waals surface area (Å²) in [7, 11) is 0. The van der Waals surface area contributed by atoms with Gasteiger partial charge in [-0.1, -0.05) is 41.9 Å². The van der Waals surface area contributed by atoms with Crippen LogP contribution in [-0.2, 0) is 11.2 Å². The van der Waals surface area contributed by atoms with Crippen LogP contribution in [0.2, 0.25) is 5.02 Å². The molecular weight excluding hydrogens is 353 g/mol. The first-order valence-electron chi connectivity index (χ1n) is 8.76. The highest BCUT2D eigenvalue weighted by Gasteiger charge is 2.36. The number of aliphatic hydroxyl groups excluding tert-OH is 1. The van der Waals surface area contributed by atoms with Crippen LogP contribution >= 0.6 is 11.6 Å². The van der Waals surface area contributed by atoms with E-state index in [4.69, 9.17) is 11.6 Å². The van der Waals surface area contributed by atoms with Gasteiger partial charge < -0.3 is 10.4 Å². The number of hydrogen-bond acceptors (Lipinski definition) is 3. The Bertz CT molecular complexity index is 888. The summed E-state index contributed by atoms with van der Waals surface area (Å²) in [6.07, 6.45) is 1.24. The molecule has 0 radical (unpaired) electrons. The van der Waals surface area contributed by atoms with E-state index in [-0.39, 0.29) is 30.4 Å². The lowest BCUT2D eigenvalue weighted by atomic mass is 9.77. The van der Waals surface area contributed by atoms with Crippen LogP contribution in [0.25, 0.3) is 0 Å². The van der Waals surface area contributed by atoms with Crippen molar-refractivity contribution in [2.45, 2.75) is 31.2 Å². The lowest BCUT2D eigenvalue weighted by Gasteiger charge is -2.32. The number of aliphatic hydroxyl groups is 1. The Morgan fingerprint density at radius 3 is 2.69 bits per heavy atom. The van der Waals surface area contributed by atoms with Crippen molar-refractivity contribution >= 4 is 17.4 Å². The molecule has 134 valence electrons. The van der Waals surface area contributed by atoms with Crippen LogP contribution < -0.4 is 5.32 Å². The average molecular weight is 372 g/mol. The van der Waals surface area contributed by atoms with Gasteiger partial charge in [-0.3, -0.25) is 4.79 Å². The molecule has 5 heteroatoms. The fraction of sp³-hybridized carbons (Fsp3) is 0.286. The van der Waals surface area contributed by atoms with Crippen LogP contribution in [0.15, 0.2) is 53.8 Å². The molecule has 0 unspecified atom stereocenters. The highest BCUT2D eigenvalue weighted by molar-refractivity contribution is 6.31. The van der Waals surface area contributed by atoms with Crippen LogP contribution in [0.1, 0.15) is 41.5 Å². The number of halogens is 2. The van der Waals surface area contributed by atoms with E-state index in [0.29, 0.717) is 16.2 Å². The zero-order chi connectivity index (χ0) is 18.3. The van der Waals surface area contributed by atoms with Crippen molar-refractivity contribution < 1.29 is 14.3 Å². The highest BCUT2D eigenvalue weighted by atomic mass is 35.5. The van der Waals surface area contributed by atoms with Gasteiger partial charge >= 0.3 is 0 Å². The number of nitrogens with one attached hydrogen (secondary N) is 1. The largest absolute Gasteiger partial charge is 0.512 e. The Balaban J connectivity index is 1.71. The third-order valence-corrected chi connectivity index (χ3v) is 5.62. The Morgan fingerprint density at radius 1 is 1.12 bits per heavy atom. The van der Waals surface area contributed by atoms with Gasteiger partial charge in [-0.25, -0.2) is 4.39 Å². The van der Waals surface area contributed by atoms with Crippen molar-refractivity contribution in [3.05, 3.63) is 81.3 Å². The third-order valence-electron chi connectivity index (χ3n) is 5.29. The Labute approximate surface area is 156 Å². The minimum absolute atomic E-state index is 0.0276. The molecule has 2 N–H and O–H groups in total. The summed E-state index contributed by atoms with van der Waals surface area (Å²) in [6, 6.07) is 12.1. The number of carbonyl (C=O) groups excluding carboxylic acids is 1. The number of benzene rings is 2. The lowest BCUT2D eigenvalue weighted by Crippen LogP contribution is -2.35. The van der Waals surface area contributed by atoms with Crippen molar-refractivity contribution in [1.29, 1.82) is 0 Å². The van der Waals surface area contributed by atoms with Crippen molar-refractivity contribution in [3.63, 3.8) is 0 Å². The van der Waals surface area contributed by atoms with Gasteiger partial charge in [-0.15, -0.1) is 0 Å². The number of rotatable bonds is 2. The topological polar surface area (TPSA) is 49.3 Å². The van der Waals surface area contributed by atoms with Gasteiger partial charge in [0.2, 0.25) is 0 Å². The fourth-order valence-electron chi connectivity index (χ4n) is 4.10. The Morgan fingerprint density at radius 2 is 1.92 bits per heavy atom. The van der Waals surface area contributed by atoms with Gasteiger partial charge in [0.1, 0.15) is 11.6 Å². The van der Waals surface area contributed by atoms with Crippen LogP contribution in [0.3, 0.4) is 0 Å². The zero-order valence-electron chi connectivity index (χ0n) is 14.1. The molecule has 2 aromatic rings. The van der Waals surface area contributed by atoms with E-state index in [1.54, 1.807) is 6.07 Å². The molecule has 0 saturated heterocycles. The van der Waals surface area contributed by atoms with Gasteiger partial charge in [0.15, 0.2) is 5.78 Å². The fourth-order valence-corrected chi connectivity index (χ4v) is 4.42. The molecule has 1 aliphatic heterocycles. The molecule has 26 heavy (non-hydrogen) atoms. The van der Waals surface area contributed by atoms with E-state index < -0.39 is 11.7 Å². The first kappa shape index (κ1) is 17.3. The summed E-state index contributed by atoms with van der Waals surface area (Å²) in [5.41, 5.74) is 2.92. The van der Waals surface area contributed by atoms with E-state index >= 15 is 0 Å². The maximum Gasteiger partial charge on any atom is 0.164 e. The summed E-state index contributed by atoms with van der Waals surface area (Å²) in [5, 5.41) is 14.3. The minimum Gasteiger partial charge on any atom is -0.512 e. The quantitative estimate of drug-likeness (QED) is 0.809. The van der Waals surface area contributed by atoms with Gasteiger partial charge in [0, 0.05) is 35.9 Å². The third kappa shape index (κ3) is 2.93. The number of hydrogen-bond donors (Lipinski definition) is 2. The first-order chi connectivity index (χ1) is 12.6. The van der Waals surface area contributed by atoms with E-state index in [9.17, 15) is 14.3 Å². The van der Waals surface area contributed by atoms with E-state index in [0.717, 1.165) is 18.5 Å². The molecular formula is C21H19ClFNO2. The summed E-state index contributed by atoms with van der Waals surface area (Å²) >= 11 is 6.15. The van der Waals surface area contributed by atoms with Crippen LogP contribution in [0.5, 0.6) is 0 Å². The molecule has 0 saturated carbocycles. The monoisotopic (exact) mass is 371 g/mol. The standard InChI is InChI=1S/C21H19ClFNO2/c22-15-6-3-7-16(23)19(15)13-10-17(25)20(18(26)11-13)21-14-5-2-1-4-12(14)8-9-24-21/h1-7,13,21,24-25H,8-11H2/t13-,21+/m0/s1. The maximum absolute atomic E-state index is 14.2. The van der Waals surface area contributed by atoms with E-state index in [2.05, 4.69) is 11.4 Å². The Hall–Kier alpha value is -2.17. The lowest BCUT2D eigenvalue weighted by molar-refractivity contribution is -0.117. The number of allylic oxidation sites excluding steroid dienone is 1.